The SMILES string of the molecule is CN(C)[C@@H](C(=O)N1CCC[C@H]1c1ncc(-c2ccc(-c3ccc(-c4cnc([C@@H]5CCCN5C(=O)c5c[c]ccc5)[nH]4)cc3)cc2)[nH]1)c1ccccc1. The molecule has 0 unspecified atom stereocenters. The number of H-pyrrole nitrogens is 2. The van der Waals surface area contributed by atoms with E-state index in [0.717, 1.165) is 89.6 Å². The van der Waals surface area contributed by atoms with Gasteiger partial charge in [0.05, 0.1) is 35.9 Å². The van der Waals surface area contributed by atoms with Crippen molar-refractivity contribution < 1.29 is 9.59 Å². The molecule has 2 fully saturated rings. The van der Waals surface area contributed by atoms with Crippen LogP contribution in [0.25, 0.3) is 33.6 Å². The van der Waals surface area contributed by atoms with Crippen molar-refractivity contribution in [1.82, 2.24) is 34.6 Å². The lowest BCUT2D eigenvalue weighted by Gasteiger charge is -2.31. The number of likely N-dealkylation sites (N-methyl/N-ethyl adjacent to an activating group) is 1. The molecule has 9 heteroatoms. The second-order valence-corrected chi connectivity index (χ2v) is 13.9. The minimum atomic E-state index is -0.339. The number of nitrogens with one attached hydrogen (secondary N) is 2. The minimum absolute atomic E-state index is 0.0189. The van der Waals surface area contributed by atoms with Crippen LogP contribution in [0.1, 0.15) is 71.4 Å². The molecule has 6 aromatic rings. The maximum Gasteiger partial charge on any atom is 0.254 e. The lowest BCUT2D eigenvalue weighted by molar-refractivity contribution is -0.137. The number of hydrogen-bond acceptors (Lipinski definition) is 5. The van der Waals surface area contributed by atoms with Crippen molar-refractivity contribution in [3.05, 3.63) is 144 Å². The van der Waals surface area contributed by atoms with Gasteiger partial charge in [-0.3, -0.25) is 14.5 Å². The van der Waals surface area contributed by atoms with E-state index in [1.165, 1.54) is 0 Å². The Morgan fingerprint density at radius 1 is 0.712 bits per heavy atom. The van der Waals surface area contributed by atoms with Gasteiger partial charge in [0.25, 0.3) is 5.91 Å². The number of benzene rings is 4. The van der Waals surface area contributed by atoms with Crippen LogP contribution in [-0.4, -0.2) is 73.6 Å². The number of imidazole rings is 2. The quantitative estimate of drug-likeness (QED) is 0.161. The summed E-state index contributed by atoms with van der Waals surface area (Å²) in [6.07, 6.45) is 7.40. The molecule has 2 aliphatic rings. The average Bonchev–Trinajstić information content (AvgIpc) is 4.02. The van der Waals surface area contributed by atoms with E-state index in [1.54, 1.807) is 12.1 Å². The zero-order chi connectivity index (χ0) is 35.6. The molecule has 3 atom stereocenters. The highest BCUT2D eigenvalue weighted by Gasteiger charge is 2.37. The molecule has 2 aromatic heterocycles. The van der Waals surface area contributed by atoms with E-state index in [2.05, 4.69) is 64.6 Å². The molecule has 0 spiro atoms. The van der Waals surface area contributed by atoms with Crippen LogP contribution in [0.5, 0.6) is 0 Å². The topological polar surface area (TPSA) is 101 Å². The zero-order valence-electron chi connectivity index (χ0n) is 29.5. The van der Waals surface area contributed by atoms with Crippen molar-refractivity contribution in [2.45, 2.75) is 43.8 Å². The lowest BCUT2D eigenvalue weighted by Crippen LogP contribution is -2.40. The molecule has 0 saturated carbocycles. The van der Waals surface area contributed by atoms with Crippen molar-refractivity contribution in [2.24, 2.45) is 0 Å². The molecule has 261 valence electrons. The summed E-state index contributed by atoms with van der Waals surface area (Å²) in [6.45, 7) is 1.44. The molecule has 1 radical (unpaired) electrons. The molecule has 4 aromatic carbocycles. The van der Waals surface area contributed by atoms with E-state index in [-0.39, 0.29) is 29.9 Å². The average molecular weight is 689 g/mol. The first-order valence-electron chi connectivity index (χ1n) is 18.0. The predicted molar refractivity (Wildman–Crippen MR) is 202 cm³/mol. The molecule has 4 heterocycles. The van der Waals surface area contributed by atoms with Crippen LogP contribution >= 0.6 is 0 Å². The summed E-state index contributed by atoms with van der Waals surface area (Å²) >= 11 is 0. The number of aromatic nitrogens is 4. The monoisotopic (exact) mass is 688 g/mol. The summed E-state index contributed by atoms with van der Waals surface area (Å²) in [5, 5.41) is 0. The van der Waals surface area contributed by atoms with Gasteiger partial charge in [0.1, 0.15) is 17.7 Å². The Balaban J connectivity index is 0.934. The molecule has 0 bridgehead atoms. The van der Waals surface area contributed by atoms with Crippen molar-refractivity contribution in [2.75, 3.05) is 27.2 Å². The van der Waals surface area contributed by atoms with Crippen LogP contribution < -0.4 is 0 Å². The van der Waals surface area contributed by atoms with Crippen LogP contribution in [0.3, 0.4) is 0 Å². The lowest BCUT2D eigenvalue weighted by atomic mass is 10.0. The third kappa shape index (κ3) is 6.55. The molecule has 52 heavy (non-hydrogen) atoms. The summed E-state index contributed by atoms with van der Waals surface area (Å²) in [5.41, 5.74) is 7.82. The molecular weight excluding hydrogens is 647 g/mol. The summed E-state index contributed by atoms with van der Waals surface area (Å²) in [7, 11) is 3.92. The minimum Gasteiger partial charge on any atom is -0.340 e. The number of amides is 2. The molecular formula is C43H42N7O2. The smallest absolute Gasteiger partial charge is 0.254 e. The summed E-state index contributed by atoms with van der Waals surface area (Å²) in [4.78, 5) is 49.5. The van der Waals surface area contributed by atoms with Gasteiger partial charge in [-0.05, 0) is 85.8 Å². The first-order valence-corrected chi connectivity index (χ1v) is 18.0. The Kier molecular flexibility index (Phi) is 9.26. The fourth-order valence-corrected chi connectivity index (χ4v) is 7.74. The van der Waals surface area contributed by atoms with Gasteiger partial charge in [0, 0.05) is 18.7 Å². The standard InChI is InChI=1S/C43H42N7O2/c1-48(2)39(33-11-5-3-6-12-33)43(52)50-26-10-16-38(50)41-45-28-36(47-41)32-23-19-30(20-24-32)29-17-21-31(22-18-29)35-27-44-40(46-35)37-15-9-25-49(37)42(51)34-13-7-4-8-14-34/h3-7,11-14,17-24,27-28,37-39H,9-10,15-16,25-26H2,1-2H3,(H,44,46)(H,45,47)/t37-,38-,39+/m0/s1. The van der Waals surface area contributed by atoms with Gasteiger partial charge in [-0.15, -0.1) is 0 Å². The molecule has 0 aliphatic carbocycles. The van der Waals surface area contributed by atoms with E-state index in [0.29, 0.717) is 5.56 Å². The van der Waals surface area contributed by atoms with Gasteiger partial charge in [-0.1, -0.05) is 91.0 Å². The Morgan fingerprint density at radius 2 is 1.25 bits per heavy atom. The van der Waals surface area contributed by atoms with Gasteiger partial charge in [-0.25, -0.2) is 9.97 Å². The Bertz CT molecular complexity index is 2140. The van der Waals surface area contributed by atoms with Crippen LogP contribution in [0, 0.1) is 6.07 Å². The fourth-order valence-electron chi connectivity index (χ4n) is 7.74. The fraction of sp³-hybridized carbons (Fsp3) is 0.256. The maximum atomic E-state index is 13.9. The van der Waals surface area contributed by atoms with E-state index in [1.807, 2.05) is 83.7 Å². The first-order chi connectivity index (χ1) is 25.4. The van der Waals surface area contributed by atoms with Crippen LogP contribution in [0.2, 0.25) is 0 Å². The van der Waals surface area contributed by atoms with Gasteiger partial charge in [-0.2, -0.15) is 0 Å². The van der Waals surface area contributed by atoms with E-state index in [9.17, 15) is 9.59 Å². The van der Waals surface area contributed by atoms with Crippen LogP contribution in [0.15, 0.2) is 116 Å². The normalized spacial score (nSPS) is 17.9. The van der Waals surface area contributed by atoms with E-state index >= 15 is 0 Å². The Labute approximate surface area is 304 Å². The largest absolute Gasteiger partial charge is 0.340 e. The van der Waals surface area contributed by atoms with Crippen molar-refractivity contribution in [3.63, 3.8) is 0 Å². The van der Waals surface area contributed by atoms with E-state index in [4.69, 9.17) is 9.97 Å². The first kappa shape index (κ1) is 33.3. The maximum absolute atomic E-state index is 13.9. The molecule has 2 amide bonds. The van der Waals surface area contributed by atoms with Crippen LogP contribution in [-0.2, 0) is 4.79 Å². The molecule has 2 N–H and O–H groups in total. The number of carbonyl (C=O) groups excluding carboxylic acids is 2. The number of likely N-dealkylation sites (tertiary alicyclic amines) is 2. The number of carbonyl (C=O) groups is 2. The van der Waals surface area contributed by atoms with Gasteiger partial charge in [0.2, 0.25) is 5.91 Å². The number of rotatable bonds is 9. The van der Waals surface area contributed by atoms with Gasteiger partial charge >= 0.3 is 0 Å². The van der Waals surface area contributed by atoms with E-state index < -0.39 is 0 Å². The van der Waals surface area contributed by atoms with Crippen molar-refractivity contribution >= 4 is 11.8 Å². The summed E-state index contributed by atoms with van der Waals surface area (Å²) in [5.74, 6) is 1.77. The molecule has 8 rings (SSSR count). The molecule has 9 nitrogen and oxygen atoms in total. The number of aromatic amines is 2. The summed E-state index contributed by atoms with van der Waals surface area (Å²) in [6, 6.07) is 36.7. The highest BCUT2D eigenvalue weighted by Crippen LogP contribution is 2.36. The Hall–Kier alpha value is -5.80. The molecule has 2 saturated heterocycles. The third-order valence-electron chi connectivity index (χ3n) is 10.4. The second kappa shape index (κ2) is 14.4. The zero-order valence-corrected chi connectivity index (χ0v) is 29.5. The Morgan fingerprint density at radius 3 is 1.79 bits per heavy atom. The second-order valence-electron chi connectivity index (χ2n) is 13.9. The van der Waals surface area contributed by atoms with Gasteiger partial charge < -0.3 is 19.8 Å². The highest BCUT2D eigenvalue weighted by atomic mass is 16.2. The predicted octanol–water partition coefficient (Wildman–Crippen LogP) is 7.88. The number of nitrogens with zero attached hydrogens (tertiary/aromatic N) is 5. The van der Waals surface area contributed by atoms with Gasteiger partial charge in [0.15, 0.2) is 0 Å². The van der Waals surface area contributed by atoms with Crippen molar-refractivity contribution in [3.8, 4) is 33.6 Å². The highest BCUT2D eigenvalue weighted by molar-refractivity contribution is 5.94. The third-order valence-corrected chi connectivity index (χ3v) is 10.4. The van der Waals surface area contributed by atoms with Crippen molar-refractivity contribution in [1.29, 1.82) is 0 Å². The number of hydrogen-bond donors (Lipinski definition) is 2. The molecule has 2 aliphatic heterocycles. The van der Waals surface area contributed by atoms with Crippen LogP contribution in [0.4, 0.5) is 0 Å². The summed E-state index contributed by atoms with van der Waals surface area (Å²) < 4.78 is 0.